The maximum absolute atomic E-state index is 7.23. The molecule has 0 radical (unpaired) electrons. The predicted octanol–water partition coefficient (Wildman–Crippen LogP) is 4.81. The third-order valence-electron chi connectivity index (χ3n) is 6.93. The number of rotatable bonds is 4. The molecule has 22 heavy (non-hydrogen) atoms. The molecule has 4 aliphatic rings. The van der Waals surface area contributed by atoms with Crippen LogP contribution in [-0.2, 0) is 5.41 Å². The van der Waals surface area contributed by atoms with Crippen molar-refractivity contribution in [2.75, 3.05) is 0 Å². The monoisotopic (exact) mass is 333 g/mol. The van der Waals surface area contributed by atoms with E-state index in [1.54, 1.807) is 0 Å². The van der Waals surface area contributed by atoms with Crippen LogP contribution in [0.3, 0.4) is 0 Å². The Bertz CT molecular complexity index is 617. The second-order valence-electron chi connectivity index (χ2n) is 7.88. The highest BCUT2D eigenvalue weighted by Crippen LogP contribution is 2.76. The first-order valence-electron chi connectivity index (χ1n) is 8.51. The molecule has 4 bridgehead atoms. The molecular weight excluding hydrogens is 310 g/mol. The Hall–Kier alpha value is -0.600. The molecule has 5 unspecified atom stereocenters. The van der Waals surface area contributed by atoms with E-state index in [4.69, 9.17) is 29.6 Å². The molecule has 4 aliphatic carbocycles. The van der Waals surface area contributed by atoms with Gasteiger partial charge in [0.1, 0.15) is 0 Å². The lowest BCUT2D eigenvalue weighted by Crippen LogP contribution is -2.44. The number of nitrogens with two attached hydrogens (primary N) is 1. The van der Waals surface area contributed by atoms with Crippen LogP contribution in [0.1, 0.15) is 51.0 Å². The van der Waals surface area contributed by atoms with E-state index in [9.17, 15) is 0 Å². The summed E-state index contributed by atoms with van der Waals surface area (Å²) in [5, 5.41) is 0. The SMILES string of the molecule is CCCC1(Cl)C2CC3(c4ccccc4)CC1C(C(N)=S)(C2)C3. The second kappa shape index (κ2) is 4.70. The van der Waals surface area contributed by atoms with E-state index < -0.39 is 0 Å². The van der Waals surface area contributed by atoms with E-state index in [1.807, 2.05) is 0 Å². The molecule has 3 heteroatoms. The van der Waals surface area contributed by atoms with Crippen molar-refractivity contribution in [3.8, 4) is 0 Å². The first-order valence-corrected chi connectivity index (χ1v) is 9.30. The van der Waals surface area contributed by atoms with E-state index in [0.29, 0.717) is 11.8 Å². The van der Waals surface area contributed by atoms with Crippen molar-refractivity contribution >= 4 is 28.8 Å². The van der Waals surface area contributed by atoms with E-state index in [-0.39, 0.29) is 15.7 Å². The van der Waals surface area contributed by atoms with Gasteiger partial charge in [-0.3, -0.25) is 0 Å². The Labute approximate surface area is 143 Å². The molecule has 0 saturated heterocycles. The highest BCUT2D eigenvalue weighted by atomic mass is 35.5. The van der Waals surface area contributed by atoms with Gasteiger partial charge in [-0.2, -0.15) is 0 Å². The molecule has 0 spiro atoms. The van der Waals surface area contributed by atoms with Gasteiger partial charge in [0.05, 0.1) is 9.86 Å². The summed E-state index contributed by atoms with van der Waals surface area (Å²) >= 11 is 12.8. The first kappa shape index (κ1) is 15.0. The average Bonchev–Trinajstić information content (AvgIpc) is 2.86. The fourth-order valence-electron chi connectivity index (χ4n) is 6.24. The standard InChI is InChI=1S/C19H24ClNS/c1-2-8-19(20)14-9-17(13-6-4-3-5-7-13)11-15(19)18(10-14,12-17)16(21)22/h3-7,14-15H,2,8-12H2,1H3,(H2,21,22). The fourth-order valence-corrected chi connectivity index (χ4v) is 7.17. The smallest absolute Gasteiger partial charge is 0.0793 e. The summed E-state index contributed by atoms with van der Waals surface area (Å²) in [4.78, 5) is 0.645. The highest BCUT2D eigenvalue weighted by molar-refractivity contribution is 7.80. The van der Waals surface area contributed by atoms with Crippen LogP contribution in [0.15, 0.2) is 30.3 Å². The van der Waals surface area contributed by atoms with Crippen LogP contribution in [0.4, 0.5) is 0 Å². The van der Waals surface area contributed by atoms with Gasteiger partial charge in [0.15, 0.2) is 0 Å². The van der Waals surface area contributed by atoms with Crippen molar-refractivity contribution < 1.29 is 0 Å². The largest absolute Gasteiger partial charge is 0.393 e. The number of hydrogen-bond donors (Lipinski definition) is 1. The van der Waals surface area contributed by atoms with Gasteiger partial charge in [0, 0.05) is 5.41 Å². The normalized spacial score (nSPS) is 45.4. The van der Waals surface area contributed by atoms with Crippen LogP contribution in [0.5, 0.6) is 0 Å². The third kappa shape index (κ3) is 1.69. The van der Waals surface area contributed by atoms with Crippen LogP contribution >= 0.6 is 23.8 Å². The van der Waals surface area contributed by atoms with Gasteiger partial charge in [-0.05, 0) is 54.9 Å². The lowest BCUT2D eigenvalue weighted by molar-refractivity contribution is 0.174. The Morgan fingerprint density at radius 2 is 2.00 bits per heavy atom. The summed E-state index contributed by atoms with van der Waals surface area (Å²) in [6, 6.07) is 11.0. The maximum Gasteiger partial charge on any atom is 0.0793 e. The van der Waals surface area contributed by atoms with Gasteiger partial charge < -0.3 is 5.73 Å². The summed E-state index contributed by atoms with van der Waals surface area (Å²) in [5.41, 5.74) is 8.01. The topological polar surface area (TPSA) is 26.0 Å². The molecule has 2 N–H and O–H groups in total. The summed E-state index contributed by atoms with van der Waals surface area (Å²) in [6.45, 7) is 2.24. The van der Waals surface area contributed by atoms with Crippen molar-refractivity contribution in [2.45, 2.75) is 55.7 Å². The van der Waals surface area contributed by atoms with Crippen molar-refractivity contribution in [2.24, 2.45) is 23.0 Å². The second-order valence-corrected chi connectivity index (χ2v) is 9.03. The van der Waals surface area contributed by atoms with Gasteiger partial charge >= 0.3 is 0 Å². The molecule has 118 valence electrons. The number of benzene rings is 1. The lowest BCUT2D eigenvalue weighted by atomic mass is 9.61. The van der Waals surface area contributed by atoms with E-state index in [2.05, 4.69) is 37.3 Å². The summed E-state index contributed by atoms with van der Waals surface area (Å²) in [6.07, 6.45) is 6.83. The van der Waals surface area contributed by atoms with Crippen LogP contribution in [0.2, 0.25) is 0 Å². The van der Waals surface area contributed by atoms with Gasteiger partial charge in [-0.1, -0.05) is 55.9 Å². The minimum Gasteiger partial charge on any atom is -0.393 e. The van der Waals surface area contributed by atoms with Crippen LogP contribution in [0, 0.1) is 17.3 Å². The van der Waals surface area contributed by atoms with Gasteiger partial charge in [-0.25, -0.2) is 0 Å². The van der Waals surface area contributed by atoms with Crippen LogP contribution in [0.25, 0.3) is 0 Å². The van der Waals surface area contributed by atoms with Crippen molar-refractivity contribution in [3.63, 3.8) is 0 Å². The average molecular weight is 334 g/mol. The van der Waals surface area contributed by atoms with Crippen molar-refractivity contribution in [1.82, 2.24) is 0 Å². The number of thiocarbonyl (C=S) groups is 1. The van der Waals surface area contributed by atoms with Crippen molar-refractivity contribution in [1.29, 1.82) is 0 Å². The fraction of sp³-hybridized carbons (Fsp3) is 0.632. The maximum atomic E-state index is 7.23. The number of alkyl halides is 1. The van der Waals surface area contributed by atoms with Crippen LogP contribution in [-0.4, -0.2) is 9.86 Å². The minimum atomic E-state index is -0.0764. The molecule has 5 atom stereocenters. The molecule has 5 rings (SSSR count). The zero-order valence-electron chi connectivity index (χ0n) is 13.1. The third-order valence-corrected chi connectivity index (χ3v) is 8.10. The van der Waals surface area contributed by atoms with E-state index >= 15 is 0 Å². The molecule has 0 heterocycles. The molecular formula is C19H24ClNS. The molecule has 0 aromatic heterocycles. The van der Waals surface area contributed by atoms with E-state index in [1.165, 1.54) is 12.0 Å². The number of halogens is 1. The van der Waals surface area contributed by atoms with Crippen LogP contribution < -0.4 is 5.73 Å². The Balaban J connectivity index is 1.81. The minimum absolute atomic E-state index is 0.00497. The molecule has 1 aromatic carbocycles. The summed E-state index contributed by atoms with van der Waals surface area (Å²) in [5.74, 6) is 1.02. The zero-order chi connectivity index (χ0) is 15.6. The quantitative estimate of drug-likeness (QED) is 0.632. The zero-order valence-corrected chi connectivity index (χ0v) is 14.7. The Morgan fingerprint density at radius 3 is 2.64 bits per heavy atom. The predicted molar refractivity (Wildman–Crippen MR) is 96.3 cm³/mol. The molecule has 1 aromatic rings. The van der Waals surface area contributed by atoms with Gasteiger partial charge in [0.2, 0.25) is 0 Å². The molecule has 4 fully saturated rings. The number of hydrogen-bond acceptors (Lipinski definition) is 1. The summed E-state index contributed by atoms with van der Waals surface area (Å²) in [7, 11) is 0. The molecule has 0 aliphatic heterocycles. The van der Waals surface area contributed by atoms with E-state index in [0.717, 1.165) is 37.1 Å². The Kier molecular flexibility index (Phi) is 3.20. The van der Waals surface area contributed by atoms with Gasteiger partial charge in [-0.15, -0.1) is 11.6 Å². The molecule has 4 saturated carbocycles. The highest BCUT2D eigenvalue weighted by Gasteiger charge is 2.73. The van der Waals surface area contributed by atoms with Crippen molar-refractivity contribution in [3.05, 3.63) is 35.9 Å². The molecule has 1 nitrogen and oxygen atoms in total. The lowest BCUT2D eigenvalue weighted by Gasteiger charge is -2.46. The Morgan fingerprint density at radius 1 is 1.27 bits per heavy atom. The van der Waals surface area contributed by atoms with Gasteiger partial charge in [0.25, 0.3) is 0 Å². The summed E-state index contributed by atoms with van der Waals surface area (Å²) < 4.78 is 0. The molecule has 0 amide bonds. The first-order chi connectivity index (χ1) is 10.5.